The highest BCUT2D eigenvalue weighted by molar-refractivity contribution is 6.29. The van der Waals surface area contributed by atoms with Gasteiger partial charge in [0.1, 0.15) is 11.0 Å². The number of rotatable bonds is 4. The summed E-state index contributed by atoms with van der Waals surface area (Å²) in [6, 6.07) is 1.88. The first-order chi connectivity index (χ1) is 10.2. The Hall–Kier alpha value is -1.36. The van der Waals surface area contributed by atoms with Crippen molar-refractivity contribution in [1.82, 2.24) is 19.6 Å². The summed E-state index contributed by atoms with van der Waals surface area (Å²) in [7, 11) is 0. The third-order valence-corrected chi connectivity index (χ3v) is 4.53. The molecule has 0 aliphatic heterocycles. The Morgan fingerprint density at radius 3 is 2.57 bits per heavy atom. The summed E-state index contributed by atoms with van der Waals surface area (Å²) in [6.45, 7) is 6.07. The van der Waals surface area contributed by atoms with E-state index in [1.165, 1.54) is 32.1 Å². The fourth-order valence-electron chi connectivity index (χ4n) is 3.15. The fourth-order valence-corrected chi connectivity index (χ4v) is 3.32. The van der Waals surface area contributed by atoms with Gasteiger partial charge in [-0.2, -0.15) is 14.5 Å². The molecule has 0 atom stereocenters. The van der Waals surface area contributed by atoms with Crippen molar-refractivity contribution in [1.29, 1.82) is 0 Å². The van der Waals surface area contributed by atoms with Crippen LogP contribution in [-0.2, 0) is 0 Å². The van der Waals surface area contributed by atoms with E-state index in [0.29, 0.717) is 16.8 Å². The third kappa shape index (κ3) is 2.84. The molecule has 0 unspecified atom stereocenters. The predicted octanol–water partition coefficient (Wildman–Crippen LogP) is 3.67. The van der Waals surface area contributed by atoms with Crippen LogP contribution in [0.1, 0.15) is 57.7 Å². The normalized spacial score (nSPS) is 16.5. The maximum absolute atomic E-state index is 6.16. The summed E-state index contributed by atoms with van der Waals surface area (Å²) in [5.74, 6) is 3.00. The highest BCUT2D eigenvalue weighted by Crippen LogP contribution is 2.31. The second-order valence-corrected chi connectivity index (χ2v) is 6.01. The van der Waals surface area contributed by atoms with Crippen molar-refractivity contribution < 1.29 is 0 Å². The zero-order valence-corrected chi connectivity index (χ0v) is 13.5. The molecule has 0 spiro atoms. The van der Waals surface area contributed by atoms with Gasteiger partial charge >= 0.3 is 0 Å². The first-order valence-electron chi connectivity index (χ1n) is 7.91. The van der Waals surface area contributed by atoms with Crippen molar-refractivity contribution in [2.24, 2.45) is 0 Å². The number of anilines is 1. The highest BCUT2D eigenvalue weighted by Gasteiger charge is 2.22. The van der Waals surface area contributed by atoms with Gasteiger partial charge in [0.15, 0.2) is 5.82 Å². The largest absolute Gasteiger partial charge is 0.357 e. The van der Waals surface area contributed by atoms with Gasteiger partial charge in [-0.3, -0.25) is 0 Å². The van der Waals surface area contributed by atoms with E-state index in [4.69, 9.17) is 16.7 Å². The molecule has 1 saturated carbocycles. The zero-order valence-electron chi connectivity index (χ0n) is 12.7. The lowest BCUT2D eigenvalue weighted by Crippen LogP contribution is -2.24. The minimum Gasteiger partial charge on any atom is -0.357 e. The van der Waals surface area contributed by atoms with Crippen LogP contribution in [0.15, 0.2) is 6.07 Å². The van der Waals surface area contributed by atoms with Crippen LogP contribution in [0.5, 0.6) is 0 Å². The second kappa shape index (κ2) is 6.18. The van der Waals surface area contributed by atoms with E-state index >= 15 is 0 Å². The van der Waals surface area contributed by atoms with Gasteiger partial charge in [-0.15, -0.1) is 5.10 Å². The summed E-state index contributed by atoms with van der Waals surface area (Å²) in [5, 5.41) is 5.22. The molecule has 0 radical (unpaired) electrons. The molecule has 5 nitrogen and oxygen atoms in total. The number of halogens is 1. The summed E-state index contributed by atoms with van der Waals surface area (Å²) in [4.78, 5) is 11.2. The number of aromatic nitrogens is 4. The van der Waals surface area contributed by atoms with Crippen molar-refractivity contribution in [3.05, 3.63) is 17.0 Å². The lowest BCUT2D eigenvalue weighted by atomic mass is 9.89. The fraction of sp³-hybridized carbons (Fsp3) is 0.667. The Bertz CT molecular complexity index is 614. The molecule has 0 N–H and O–H groups in total. The van der Waals surface area contributed by atoms with Gasteiger partial charge in [-0.25, -0.2) is 0 Å². The molecule has 0 saturated heterocycles. The third-order valence-electron chi connectivity index (χ3n) is 4.34. The Kier molecular flexibility index (Phi) is 4.29. The Balaban J connectivity index is 2.05. The van der Waals surface area contributed by atoms with Crippen LogP contribution in [0.25, 0.3) is 5.78 Å². The molecule has 1 aliphatic rings. The molecule has 2 aromatic heterocycles. The van der Waals surface area contributed by atoms with Crippen molar-refractivity contribution in [2.75, 3.05) is 18.0 Å². The SMILES string of the molecule is CCN(CC)c1cc(Cl)nc2nc(C3CCCCC3)nn12. The van der Waals surface area contributed by atoms with Gasteiger partial charge in [0, 0.05) is 25.1 Å². The Labute approximate surface area is 130 Å². The molecule has 21 heavy (non-hydrogen) atoms. The van der Waals surface area contributed by atoms with Crippen LogP contribution in [0, 0.1) is 0 Å². The zero-order chi connectivity index (χ0) is 14.8. The van der Waals surface area contributed by atoms with E-state index in [-0.39, 0.29) is 0 Å². The van der Waals surface area contributed by atoms with Crippen LogP contribution in [-0.4, -0.2) is 32.7 Å². The lowest BCUT2D eigenvalue weighted by molar-refractivity contribution is 0.429. The van der Waals surface area contributed by atoms with E-state index in [1.54, 1.807) is 0 Å². The van der Waals surface area contributed by atoms with Crippen LogP contribution < -0.4 is 4.90 Å². The van der Waals surface area contributed by atoms with Crippen LogP contribution in [0.3, 0.4) is 0 Å². The van der Waals surface area contributed by atoms with Gasteiger partial charge in [-0.05, 0) is 26.7 Å². The number of nitrogens with zero attached hydrogens (tertiary/aromatic N) is 5. The number of hydrogen-bond donors (Lipinski definition) is 0. The van der Waals surface area contributed by atoms with Crippen molar-refractivity contribution >= 4 is 23.2 Å². The molecule has 0 aromatic carbocycles. The van der Waals surface area contributed by atoms with Crippen LogP contribution in [0.2, 0.25) is 5.15 Å². The summed E-state index contributed by atoms with van der Waals surface area (Å²) in [5.41, 5.74) is 0. The minimum atomic E-state index is 0.476. The smallest absolute Gasteiger partial charge is 0.255 e. The van der Waals surface area contributed by atoms with Gasteiger partial charge in [0.05, 0.1) is 0 Å². The summed E-state index contributed by atoms with van der Waals surface area (Å²) >= 11 is 6.16. The topological polar surface area (TPSA) is 46.3 Å². The molecule has 0 amide bonds. The molecule has 6 heteroatoms. The molecule has 1 fully saturated rings. The number of fused-ring (bicyclic) bond motifs is 1. The van der Waals surface area contributed by atoms with Crippen molar-refractivity contribution in [3.63, 3.8) is 0 Å². The molecule has 114 valence electrons. The molecular formula is C15H22ClN5. The average molecular weight is 308 g/mol. The molecule has 0 bridgehead atoms. The first kappa shape index (κ1) is 14.6. The molecule has 2 aromatic rings. The van der Waals surface area contributed by atoms with Crippen LogP contribution >= 0.6 is 11.6 Å². The first-order valence-corrected chi connectivity index (χ1v) is 8.28. The Morgan fingerprint density at radius 2 is 1.90 bits per heavy atom. The highest BCUT2D eigenvalue weighted by atomic mass is 35.5. The van der Waals surface area contributed by atoms with Gasteiger partial charge < -0.3 is 4.90 Å². The van der Waals surface area contributed by atoms with Gasteiger partial charge in [0.25, 0.3) is 5.78 Å². The number of hydrogen-bond acceptors (Lipinski definition) is 4. The lowest BCUT2D eigenvalue weighted by Gasteiger charge is -2.21. The maximum atomic E-state index is 6.16. The van der Waals surface area contributed by atoms with Crippen molar-refractivity contribution in [3.8, 4) is 0 Å². The monoisotopic (exact) mass is 307 g/mol. The summed E-state index contributed by atoms with van der Waals surface area (Å²) < 4.78 is 1.85. The average Bonchev–Trinajstić information content (AvgIpc) is 2.93. The molecule has 3 rings (SSSR count). The summed E-state index contributed by atoms with van der Waals surface area (Å²) in [6.07, 6.45) is 6.25. The van der Waals surface area contributed by atoms with E-state index in [0.717, 1.165) is 24.7 Å². The second-order valence-electron chi connectivity index (χ2n) is 5.63. The van der Waals surface area contributed by atoms with E-state index in [9.17, 15) is 0 Å². The standard InChI is InChI=1S/C15H22ClN5/c1-3-20(4-2)13-10-12(16)17-15-18-14(19-21(13)15)11-8-6-5-7-9-11/h10-11H,3-9H2,1-2H3. The van der Waals surface area contributed by atoms with Crippen LogP contribution in [0.4, 0.5) is 5.82 Å². The van der Waals surface area contributed by atoms with E-state index < -0.39 is 0 Å². The maximum Gasteiger partial charge on any atom is 0.255 e. The quantitative estimate of drug-likeness (QED) is 0.809. The van der Waals surface area contributed by atoms with E-state index in [1.807, 2.05) is 10.6 Å². The van der Waals surface area contributed by atoms with Gasteiger partial charge in [0.2, 0.25) is 0 Å². The molecule has 2 heterocycles. The minimum absolute atomic E-state index is 0.476. The van der Waals surface area contributed by atoms with Gasteiger partial charge in [-0.1, -0.05) is 30.9 Å². The van der Waals surface area contributed by atoms with Crippen molar-refractivity contribution in [2.45, 2.75) is 51.9 Å². The molecule has 1 aliphatic carbocycles. The van der Waals surface area contributed by atoms with E-state index in [2.05, 4.69) is 28.7 Å². The predicted molar refractivity (Wildman–Crippen MR) is 85.2 cm³/mol. The Morgan fingerprint density at radius 1 is 1.19 bits per heavy atom. The molecular weight excluding hydrogens is 286 g/mol.